The number of carbonyl (C=O) groups is 2. The number of nitrogens with one attached hydrogen (secondary N) is 1. The van der Waals surface area contributed by atoms with Crippen LogP contribution in [0.4, 0.5) is 9.18 Å². The molecule has 5 rings (SSSR count). The van der Waals surface area contributed by atoms with Crippen molar-refractivity contribution in [3.8, 4) is 5.69 Å². The van der Waals surface area contributed by atoms with Crippen LogP contribution in [-0.4, -0.2) is 39.2 Å². The number of nitrogens with zero attached hydrogens (tertiary/aromatic N) is 3. The molecule has 1 spiro atoms. The summed E-state index contributed by atoms with van der Waals surface area (Å²) < 4.78 is 15.1. The molecule has 2 fully saturated rings. The quantitative estimate of drug-likeness (QED) is 0.774. The number of hydrogen-bond acceptors (Lipinski definition) is 3. The van der Waals surface area contributed by atoms with Crippen molar-refractivity contribution in [2.45, 2.75) is 38.1 Å². The van der Waals surface area contributed by atoms with Gasteiger partial charge in [0, 0.05) is 12.5 Å². The molecule has 28 heavy (non-hydrogen) atoms. The van der Waals surface area contributed by atoms with Crippen molar-refractivity contribution >= 4 is 18.0 Å². The van der Waals surface area contributed by atoms with Gasteiger partial charge in [0.15, 0.2) is 0 Å². The molecule has 1 saturated heterocycles. The van der Waals surface area contributed by atoms with Crippen LogP contribution >= 0.6 is 0 Å². The number of hydrogen-bond donors (Lipinski definition) is 1. The van der Waals surface area contributed by atoms with E-state index in [1.54, 1.807) is 24.1 Å². The Morgan fingerprint density at radius 1 is 1.21 bits per heavy atom. The molecule has 3 aliphatic rings. The third-order valence-electron chi connectivity index (χ3n) is 6.89. The maximum absolute atomic E-state index is 13.3. The molecule has 2 aromatic rings. The molecule has 1 saturated carbocycles. The van der Waals surface area contributed by atoms with Crippen molar-refractivity contribution < 1.29 is 14.0 Å². The van der Waals surface area contributed by atoms with Gasteiger partial charge in [-0.05, 0) is 61.6 Å². The van der Waals surface area contributed by atoms with Crippen molar-refractivity contribution in [1.82, 2.24) is 20.0 Å². The van der Waals surface area contributed by atoms with Crippen LogP contribution in [-0.2, 0) is 11.2 Å². The number of likely N-dealkylation sites (N-methyl/N-ethyl adjacent to an activating group) is 1. The summed E-state index contributed by atoms with van der Waals surface area (Å²) in [5, 5.41) is 7.03. The monoisotopic (exact) mass is 380 g/mol. The summed E-state index contributed by atoms with van der Waals surface area (Å²) in [5.41, 5.74) is 2.58. The highest BCUT2D eigenvalue weighted by Crippen LogP contribution is 2.56. The molecule has 1 aliphatic heterocycles. The summed E-state index contributed by atoms with van der Waals surface area (Å²) >= 11 is 0. The van der Waals surface area contributed by atoms with Crippen LogP contribution in [0.5, 0.6) is 0 Å². The van der Waals surface area contributed by atoms with Crippen LogP contribution < -0.4 is 5.32 Å². The average Bonchev–Trinajstić information content (AvgIpc) is 3.16. The Labute approximate surface area is 162 Å². The Kier molecular flexibility index (Phi) is 3.39. The van der Waals surface area contributed by atoms with Crippen LogP contribution in [0.25, 0.3) is 11.8 Å². The maximum Gasteiger partial charge on any atom is 0.324 e. The summed E-state index contributed by atoms with van der Waals surface area (Å²) in [6, 6.07) is 5.91. The number of urea groups is 1. The molecule has 6 nitrogen and oxygen atoms in total. The molecule has 0 bridgehead atoms. The van der Waals surface area contributed by atoms with Crippen LogP contribution in [0.3, 0.4) is 0 Å². The van der Waals surface area contributed by atoms with Gasteiger partial charge in [0.25, 0.3) is 5.91 Å². The zero-order valence-electron chi connectivity index (χ0n) is 15.8. The second-order valence-corrected chi connectivity index (χ2v) is 8.15. The number of fused-ring (bicyclic) bond motifs is 3. The number of imide groups is 1. The molecule has 144 valence electrons. The van der Waals surface area contributed by atoms with Gasteiger partial charge in [-0.1, -0.05) is 12.5 Å². The fourth-order valence-electron chi connectivity index (χ4n) is 5.37. The predicted molar refractivity (Wildman–Crippen MR) is 101 cm³/mol. The number of benzene rings is 1. The van der Waals surface area contributed by atoms with E-state index >= 15 is 0 Å². The van der Waals surface area contributed by atoms with E-state index in [1.807, 2.05) is 10.9 Å². The smallest absolute Gasteiger partial charge is 0.312 e. The Morgan fingerprint density at radius 3 is 2.64 bits per heavy atom. The second kappa shape index (κ2) is 5.53. The number of rotatable bonds is 1. The molecule has 1 aromatic heterocycles. The highest BCUT2D eigenvalue weighted by Gasteiger charge is 2.64. The summed E-state index contributed by atoms with van der Waals surface area (Å²) in [4.78, 5) is 26.8. The molecular formula is C21H21FN4O2. The van der Waals surface area contributed by atoms with Crippen molar-refractivity contribution in [2.75, 3.05) is 7.05 Å². The lowest BCUT2D eigenvalue weighted by Crippen LogP contribution is -2.63. The van der Waals surface area contributed by atoms with Gasteiger partial charge in [-0.2, -0.15) is 5.10 Å². The first-order valence-electron chi connectivity index (χ1n) is 9.50. The standard InChI is InChI=1S/C21H21FN4O2/c1-20-11-13-12-23-26(16-7-5-15(22)6-8-16)17(13)10-14(20)4-3-9-21(20)18(27)24-19(28)25(21)2/h5-8,10,12H,3-4,9,11H2,1-2H3,(H,24,27,28)/t20-,21-/m0/s1. The molecule has 1 aromatic carbocycles. The maximum atomic E-state index is 13.3. The number of halogens is 1. The van der Waals surface area contributed by atoms with Gasteiger partial charge in [-0.15, -0.1) is 0 Å². The largest absolute Gasteiger partial charge is 0.324 e. The third-order valence-corrected chi connectivity index (χ3v) is 6.89. The topological polar surface area (TPSA) is 67.2 Å². The predicted octanol–water partition coefficient (Wildman–Crippen LogP) is 3.06. The van der Waals surface area contributed by atoms with E-state index in [-0.39, 0.29) is 17.8 Å². The summed E-state index contributed by atoms with van der Waals surface area (Å²) in [5.74, 6) is -0.493. The van der Waals surface area contributed by atoms with Crippen molar-refractivity contribution in [2.24, 2.45) is 5.41 Å². The van der Waals surface area contributed by atoms with Crippen LogP contribution in [0.15, 0.2) is 36.0 Å². The molecule has 2 heterocycles. The number of aromatic nitrogens is 2. The molecule has 3 amide bonds. The number of carbonyl (C=O) groups excluding carboxylic acids is 2. The van der Waals surface area contributed by atoms with Crippen molar-refractivity contribution in [3.05, 3.63) is 53.1 Å². The van der Waals surface area contributed by atoms with E-state index in [4.69, 9.17) is 0 Å². The van der Waals surface area contributed by atoms with E-state index in [9.17, 15) is 14.0 Å². The molecule has 7 heteroatoms. The Bertz CT molecular complexity index is 1040. The summed E-state index contributed by atoms with van der Waals surface area (Å²) in [6.07, 6.45) is 6.92. The van der Waals surface area contributed by atoms with Gasteiger partial charge in [0.05, 0.1) is 17.6 Å². The Hall–Kier alpha value is -2.96. The van der Waals surface area contributed by atoms with Gasteiger partial charge >= 0.3 is 6.03 Å². The average molecular weight is 380 g/mol. The molecule has 0 radical (unpaired) electrons. The van der Waals surface area contributed by atoms with Gasteiger partial charge in [0.2, 0.25) is 0 Å². The second-order valence-electron chi connectivity index (χ2n) is 8.15. The lowest BCUT2D eigenvalue weighted by atomic mass is 9.55. The highest BCUT2D eigenvalue weighted by atomic mass is 19.1. The van der Waals surface area contributed by atoms with Crippen LogP contribution in [0.2, 0.25) is 0 Å². The van der Waals surface area contributed by atoms with E-state index in [0.29, 0.717) is 12.8 Å². The SMILES string of the molecule is CN1C(=O)NC(=O)[C@]12CCCC1=Cc3c(cnn3-c3ccc(F)cc3)C[C@@]12C. The summed E-state index contributed by atoms with van der Waals surface area (Å²) in [7, 11) is 1.71. The van der Waals surface area contributed by atoms with E-state index in [2.05, 4.69) is 23.4 Å². The molecule has 1 N–H and O–H groups in total. The van der Waals surface area contributed by atoms with Gasteiger partial charge < -0.3 is 4.90 Å². The first kappa shape index (κ1) is 17.2. The lowest BCUT2D eigenvalue weighted by molar-refractivity contribution is -0.133. The molecule has 2 atom stereocenters. The third kappa shape index (κ3) is 1.99. The fourth-order valence-corrected chi connectivity index (χ4v) is 5.37. The highest BCUT2D eigenvalue weighted by molar-refractivity contribution is 6.08. The van der Waals surface area contributed by atoms with Gasteiger partial charge in [0.1, 0.15) is 11.4 Å². The van der Waals surface area contributed by atoms with E-state index in [1.165, 1.54) is 12.1 Å². The van der Waals surface area contributed by atoms with Crippen molar-refractivity contribution in [3.63, 3.8) is 0 Å². The van der Waals surface area contributed by atoms with Crippen LogP contribution in [0.1, 0.15) is 37.4 Å². The molecule has 0 unspecified atom stereocenters. The first-order chi connectivity index (χ1) is 13.4. The lowest BCUT2D eigenvalue weighted by Gasteiger charge is -2.53. The Balaban J connectivity index is 1.64. The van der Waals surface area contributed by atoms with E-state index in [0.717, 1.165) is 35.4 Å². The molecule has 2 aliphatic carbocycles. The van der Waals surface area contributed by atoms with Crippen molar-refractivity contribution in [1.29, 1.82) is 0 Å². The number of amides is 3. The Morgan fingerprint density at radius 2 is 1.96 bits per heavy atom. The summed E-state index contributed by atoms with van der Waals surface area (Å²) in [6.45, 7) is 2.09. The first-order valence-corrected chi connectivity index (χ1v) is 9.50. The molecular weight excluding hydrogens is 359 g/mol. The fraction of sp³-hybridized carbons (Fsp3) is 0.381. The minimum atomic E-state index is -0.871. The van der Waals surface area contributed by atoms with Crippen LogP contribution in [0, 0.1) is 11.2 Å². The zero-order valence-corrected chi connectivity index (χ0v) is 15.8. The van der Waals surface area contributed by atoms with Gasteiger partial charge in [-0.3, -0.25) is 10.1 Å². The zero-order chi connectivity index (χ0) is 19.7. The van der Waals surface area contributed by atoms with Gasteiger partial charge in [-0.25, -0.2) is 13.9 Å². The minimum Gasteiger partial charge on any atom is -0.312 e. The minimum absolute atomic E-state index is 0.206. The normalized spacial score (nSPS) is 28.8. The van der Waals surface area contributed by atoms with E-state index < -0.39 is 11.0 Å².